The zero-order chi connectivity index (χ0) is 18.4. The first-order chi connectivity index (χ1) is 12.7. The van der Waals surface area contributed by atoms with Gasteiger partial charge in [0.05, 0.1) is 12.8 Å². The number of nitrogens with one attached hydrogen (secondary N) is 2. The van der Waals surface area contributed by atoms with Crippen molar-refractivity contribution in [3.8, 4) is 17.0 Å². The summed E-state index contributed by atoms with van der Waals surface area (Å²) in [7, 11) is 1.57. The molecule has 0 aliphatic heterocycles. The summed E-state index contributed by atoms with van der Waals surface area (Å²) in [5, 5.41) is 2.81. The average molecular weight is 349 g/mol. The third-order valence-corrected chi connectivity index (χ3v) is 3.90. The van der Waals surface area contributed by atoms with Crippen LogP contribution in [-0.2, 0) is 6.42 Å². The van der Waals surface area contributed by atoms with Crippen LogP contribution in [0, 0.1) is 0 Å². The lowest BCUT2D eigenvalue weighted by Gasteiger charge is -2.07. The topological polar surface area (TPSA) is 84.1 Å². The van der Waals surface area contributed by atoms with Gasteiger partial charge in [0.25, 0.3) is 5.91 Å². The molecule has 0 saturated carbocycles. The van der Waals surface area contributed by atoms with Crippen LogP contribution in [0.15, 0.2) is 65.5 Å². The van der Waals surface area contributed by atoms with E-state index >= 15 is 0 Å². The molecule has 0 radical (unpaired) electrons. The largest absolute Gasteiger partial charge is 0.497 e. The van der Waals surface area contributed by atoms with Crippen molar-refractivity contribution >= 4 is 5.91 Å². The number of H-pyrrole nitrogens is 1. The van der Waals surface area contributed by atoms with Gasteiger partial charge in [-0.1, -0.05) is 42.5 Å². The van der Waals surface area contributed by atoms with E-state index in [0.29, 0.717) is 30.0 Å². The number of hydrogen-bond donors (Lipinski definition) is 2. The van der Waals surface area contributed by atoms with E-state index in [4.69, 9.17) is 4.74 Å². The molecule has 0 unspecified atom stereocenters. The Morgan fingerprint density at radius 1 is 1.12 bits per heavy atom. The summed E-state index contributed by atoms with van der Waals surface area (Å²) in [6, 6.07) is 18.6. The van der Waals surface area contributed by atoms with Gasteiger partial charge in [0, 0.05) is 12.1 Å². The first kappa shape index (κ1) is 17.4. The second-order valence-corrected chi connectivity index (χ2v) is 5.71. The smallest absolute Gasteiger partial charge is 0.346 e. The minimum Gasteiger partial charge on any atom is -0.497 e. The fourth-order valence-corrected chi connectivity index (χ4v) is 2.57. The number of ether oxygens (including phenoxy) is 1. The van der Waals surface area contributed by atoms with Gasteiger partial charge in [-0.05, 0) is 30.2 Å². The highest BCUT2D eigenvalue weighted by Crippen LogP contribution is 2.21. The maximum Gasteiger partial charge on any atom is 0.346 e. The number of hydrogen-bond acceptors (Lipinski definition) is 4. The van der Waals surface area contributed by atoms with Crippen molar-refractivity contribution in [2.24, 2.45) is 0 Å². The molecule has 6 heteroatoms. The molecule has 0 aliphatic carbocycles. The molecule has 1 amide bonds. The molecule has 0 fully saturated rings. The van der Waals surface area contributed by atoms with Crippen LogP contribution in [0.2, 0.25) is 0 Å². The predicted molar refractivity (Wildman–Crippen MR) is 99.3 cm³/mol. The molecule has 3 rings (SSSR count). The molecule has 6 nitrogen and oxygen atoms in total. The van der Waals surface area contributed by atoms with E-state index in [9.17, 15) is 9.59 Å². The second kappa shape index (κ2) is 8.11. The van der Waals surface area contributed by atoms with Crippen LogP contribution in [0.3, 0.4) is 0 Å². The normalized spacial score (nSPS) is 10.3. The monoisotopic (exact) mass is 349 g/mol. The summed E-state index contributed by atoms with van der Waals surface area (Å²) in [6.07, 6.45) is 0.713. The van der Waals surface area contributed by atoms with Crippen LogP contribution in [0.1, 0.15) is 16.1 Å². The summed E-state index contributed by atoms with van der Waals surface area (Å²) in [4.78, 5) is 30.6. The number of nitrogens with zero attached hydrogens (tertiary/aromatic N) is 1. The lowest BCUT2D eigenvalue weighted by atomic mass is 10.1. The van der Waals surface area contributed by atoms with Gasteiger partial charge in [-0.3, -0.25) is 4.79 Å². The van der Waals surface area contributed by atoms with Gasteiger partial charge in [-0.15, -0.1) is 0 Å². The molecule has 0 atom stereocenters. The van der Waals surface area contributed by atoms with Gasteiger partial charge in [-0.2, -0.15) is 4.98 Å². The number of methoxy groups -OCH3 is 1. The van der Waals surface area contributed by atoms with E-state index in [1.165, 1.54) is 0 Å². The minimum atomic E-state index is -0.571. The van der Waals surface area contributed by atoms with Gasteiger partial charge in [0.15, 0.2) is 0 Å². The number of aromatic nitrogens is 2. The molecule has 0 aliphatic rings. The molecule has 26 heavy (non-hydrogen) atoms. The molecule has 132 valence electrons. The highest BCUT2D eigenvalue weighted by Gasteiger charge is 2.11. The van der Waals surface area contributed by atoms with E-state index in [1.54, 1.807) is 37.4 Å². The SMILES string of the molecule is COc1cccc(-c2cc(C(=O)NCCc3ccccc3)[nH]c(=O)n2)c1. The van der Waals surface area contributed by atoms with E-state index in [-0.39, 0.29) is 11.6 Å². The third kappa shape index (κ3) is 4.36. The molecule has 0 bridgehead atoms. The van der Waals surface area contributed by atoms with E-state index in [2.05, 4.69) is 15.3 Å². The second-order valence-electron chi connectivity index (χ2n) is 5.71. The van der Waals surface area contributed by atoms with E-state index < -0.39 is 5.69 Å². The van der Waals surface area contributed by atoms with Gasteiger partial charge < -0.3 is 15.0 Å². The first-order valence-electron chi connectivity index (χ1n) is 8.23. The Morgan fingerprint density at radius 2 is 1.92 bits per heavy atom. The van der Waals surface area contributed by atoms with Gasteiger partial charge in [0.1, 0.15) is 11.4 Å². The van der Waals surface area contributed by atoms with Crippen LogP contribution >= 0.6 is 0 Å². The fourth-order valence-electron chi connectivity index (χ4n) is 2.57. The summed E-state index contributed by atoms with van der Waals surface area (Å²) >= 11 is 0. The van der Waals surface area contributed by atoms with Crippen LogP contribution in [0.25, 0.3) is 11.3 Å². The number of aromatic amines is 1. The summed E-state index contributed by atoms with van der Waals surface area (Å²) in [6.45, 7) is 0.474. The van der Waals surface area contributed by atoms with Crippen LogP contribution in [0.4, 0.5) is 0 Å². The number of amides is 1. The lowest BCUT2D eigenvalue weighted by molar-refractivity contribution is 0.0948. The number of carbonyl (C=O) groups excluding carboxylic acids is 1. The van der Waals surface area contributed by atoms with Crippen LogP contribution < -0.4 is 15.7 Å². The summed E-state index contributed by atoms with van der Waals surface area (Å²) in [5.74, 6) is 0.308. The molecular weight excluding hydrogens is 330 g/mol. The highest BCUT2D eigenvalue weighted by atomic mass is 16.5. The lowest BCUT2D eigenvalue weighted by Crippen LogP contribution is -2.29. The molecule has 1 aromatic heterocycles. The van der Waals surface area contributed by atoms with Crippen molar-refractivity contribution in [3.63, 3.8) is 0 Å². The molecular formula is C20H19N3O3. The molecule has 0 saturated heterocycles. The first-order valence-corrected chi connectivity index (χ1v) is 8.23. The fraction of sp³-hybridized carbons (Fsp3) is 0.150. The Morgan fingerprint density at radius 3 is 2.69 bits per heavy atom. The van der Waals surface area contributed by atoms with Crippen molar-refractivity contribution in [1.82, 2.24) is 15.3 Å². The van der Waals surface area contributed by atoms with Gasteiger partial charge in [-0.25, -0.2) is 4.79 Å². The summed E-state index contributed by atoms with van der Waals surface area (Å²) < 4.78 is 5.19. The van der Waals surface area contributed by atoms with Crippen LogP contribution in [-0.4, -0.2) is 29.5 Å². The zero-order valence-corrected chi connectivity index (χ0v) is 14.4. The predicted octanol–water partition coefficient (Wildman–Crippen LogP) is 2.42. The Hall–Kier alpha value is -3.41. The Balaban J connectivity index is 1.74. The van der Waals surface area contributed by atoms with Crippen LogP contribution in [0.5, 0.6) is 5.75 Å². The molecule has 1 heterocycles. The van der Waals surface area contributed by atoms with Crippen molar-refractivity contribution in [2.75, 3.05) is 13.7 Å². The Labute approximate surface area is 150 Å². The number of rotatable bonds is 6. The van der Waals surface area contributed by atoms with Gasteiger partial charge >= 0.3 is 5.69 Å². The quantitative estimate of drug-likeness (QED) is 0.716. The van der Waals surface area contributed by atoms with Crippen molar-refractivity contribution in [2.45, 2.75) is 6.42 Å². The zero-order valence-electron chi connectivity index (χ0n) is 14.4. The van der Waals surface area contributed by atoms with Crippen molar-refractivity contribution in [3.05, 3.63) is 82.4 Å². The van der Waals surface area contributed by atoms with Crippen molar-refractivity contribution in [1.29, 1.82) is 0 Å². The Kier molecular flexibility index (Phi) is 5.43. The Bertz CT molecular complexity index is 952. The van der Waals surface area contributed by atoms with E-state index in [1.807, 2.05) is 30.3 Å². The summed E-state index contributed by atoms with van der Waals surface area (Å²) in [5.41, 5.74) is 1.86. The molecule has 2 aromatic carbocycles. The highest BCUT2D eigenvalue weighted by molar-refractivity contribution is 5.93. The molecule has 2 N–H and O–H groups in total. The maximum atomic E-state index is 12.4. The number of benzene rings is 2. The molecule has 3 aromatic rings. The third-order valence-electron chi connectivity index (χ3n) is 3.90. The number of carbonyl (C=O) groups is 1. The van der Waals surface area contributed by atoms with Crippen molar-refractivity contribution < 1.29 is 9.53 Å². The van der Waals surface area contributed by atoms with E-state index in [0.717, 1.165) is 5.56 Å². The minimum absolute atomic E-state index is 0.177. The standard InChI is InChI=1S/C20H19N3O3/c1-26-16-9-5-8-15(12-16)17-13-18(23-20(25)22-17)19(24)21-11-10-14-6-3-2-4-7-14/h2-9,12-13H,10-11H2,1H3,(H,21,24)(H,22,23,25). The van der Waals surface area contributed by atoms with Gasteiger partial charge in [0.2, 0.25) is 0 Å². The molecule has 0 spiro atoms. The average Bonchev–Trinajstić information content (AvgIpc) is 2.68. The maximum absolute atomic E-state index is 12.4.